The van der Waals surface area contributed by atoms with E-state index in [2.05, 4.69) is 21.2 Å². The molecule has 0 saturated carbocycles. The Morgan fingerprint density at radius 3 is 2.30 bits per heavy atom. The van der Waals surface area contributed by atoms with Crippen LogP contribution in [0.1, 0.15) is 29.2 Å². The smallest absolute Gasteiger partial charge is 0.335 e. The molecule has 7 nitrogen and oxygen atoms in total. The lowest BCUT2D eigenvalue weighted by Crippen LogP contribution is -2.54. The van der Waals surface area contributed by atoms with Gasteiger partial charge in [-0.05, 0) is 101 Å². The Bertz CT molecular complexity index is 1400. The van der Waals surface area contributed by atoms with Crippen LogP contribution in [0.4, 0.5) is 14.9 Å². The van der Waals surface area contributed by atoms with Crippen LogP contribution in [-0.2, 0) is 16.2 Å². The highest BCUT2D eigenvalue weighted by atomic mass is 79.9. The first kappa shape index (κ1) is 26.1. The molecule has 1 aliphatic rings. The summed E-state index contributed by atoms with van der Waals surface area (Å²) in [6.45, 7) is 6.05. The molecule has 4 rings (SSSR count). The van der Waals surface area contributed by atoms with Gasteiger partial charge in [0.05, 0.1) is 16.8 Å². The van der Waals surface area contributed by atoms with Crippen molar-refractivity contribution in [3.05, 3.63) is 92.7 Å². The Morgan fingerprint density at radius 2 is 1.65 bits per heavy atom. The highest BCUT2D eigenvalue weighted by Gasteiger charge is 2.37. The van der Waals surface area contributed by atoms with Gasteiger partial charge in [-0.3, -0.25) is 14.9 Å². The van der Waals surface area contributed by atoms with E-state index < -0.39 is 17.8 Å². The largest absolute Gasteiger partial charge is 0.490 e. The monoisotopic (exact) mass is 566 g/mol. The second-order valence-electron chi connectivity index (χ2n) is 8.48. The van der Waals surface area contributed by atoms with Crippen LogP contribution in [0, 0.1) is 19.7 Å². The third-order valence-electron chi connectivity index (χ3n) is 5.51. The molecule has 1 heterocycles. The summed E-state index contributed by atoms with van der Waals surface area (Å²) in [5.41, 5.74) is 3.17. The standard InChI is InChI=1S/C28H24BrFN2O5/c1-4-36-24-14-19(13-23(29)25(24)37-15-18-5-7-20(30)8-6-18)12-22-26(33)31-28(35)32(27(22)34)21-10-16(2)9-17(3)11-21/h5-14H,4,15H2,1-3H3,(H,31,33,35)/b22-12+. The number of halogens is 2. The van der Waals surface area contributed by atoms with E-state index in [0.717, 1.165) is 21.6 Å². The third-order valence-corrected chi connectivity index (χ3v) is 6.09. The molecule has 0 unspecified atom stereocenters. The van der Waals surface area contributed by atoms with E-state index in [1.165, 1.54) is 18.2 Å². The number of ether oxygens (including phenoxy) is 2. The van der Waals surface area contributed by atoms with Crippen LogP contribution in [-0.4, -0.2) is 24.5 Å². The number of nitrogens with one attached hydrogen (secondary N) is 1. The number of nitrogens with zero attached hydrogens (tertiary/aromatic N) is 1. The number of amides is 4. The van der Waals surface area contributed by atoms with Crippen molar-refractivity contribution in [3.8, 4) is 11.5 Å². The molecule has 0 aromatic heterocycles. The van der Waals surface area contributed by atoms with Crippen molar-refractivity contribution < 1.29 is 28.2 Å². The van der Waals surface area contributed by atoms with Gasteiger partial charge < -0.3 is 9.47 Å². The van der Waals surface area contributed by atoms with Gasteiger partial charge in [0, 0.05) is 0 Å². The van der Waals surface area contributed by atoms with Gasteiger partial charge in [0.25, 0.3) is 11.8 Å². The molecule has 0 radical (unpaired) electrons. The maximum absolute atomic E-state index is 13.3. The summed E-state index contributed by atoms with van der Waals surface area (Å²) >= 11 is 3.48. The average Bonchev–Trinajstić information content (AvgIpc) is 2.82. The second-order valence-corrected chi connectivity index (χ2v) is 9.34. The summed E-state index contributed by atoms with van der Waals surface area (Å²) in [7, 11) is 0. The molecule has 1 aliphatic heterocycles. The van der Waals surface area contributed by atoms with Crippen LogP contribution in [0.15, 0.2) is 64.6 Å². The zero-order valence-corrected chi connectivity index (χ0v) is 22.0. The van der Waals surface area contributed by atoms with Crippen LogP contribution in [0.25, 0.3) is 6.08 Å². The summed E-state index contributed by atoms with van der Waals surface area (Å²) in [5.74, 6) is -1.06. The van der Waals surface area contributed by atoms with E-state index in [-0.39, 0.29) is 18.0 Å². The van der Waals surface area contributed by atoms with Gasteiger partial charge in [0.15, 0.2) is 11.5 Å². The highest BCUT2D eigenvalue weighted by Crippen LogP contribution is 2.38. The van der Waals surface area contributed by atoms with E-state index >= 15 is 0 Å². The van der Waals surface area contributed by atoms with Crippen LogP contribution in [0.2, 0.25) is 0 Å². The number of carbonyl (C=O) groups excluding carboxylic acids is 3. The molecule has 1 fully saturated rings. The first-order chi connectivity index (χ1) is 17.7. The first-order valence-corrected chi connectivity index (χ1v) is 12.3. The summed E-state index contributed by atoms with van der Waals surface area (Å²) < 4.78 is 25.4. The van der Waals surface area contributed by atoms with Gasteiger partial charge in [0.2, 0.25) is 0 Å². The van der Waals surface area contributed by atoms with Gasteiger partial charge in [-0.1, -0.05) is 18.2 Å². The Morgan fingerprint density at radius 1 is 0.973 bits per heavy atom. The zero-order chi connectivity index (χ0) is 26.7. The number of anilines is 1. The Labute approximate surface area is 222 Å². The molecule has 0 aliphatic carbocycles. The zero-order valence-electron chi connectivity index (χ0n) is 20.4. The quantitative estimate of drug-likeness (QED) is 0.286. The third kappa shape index (κ3) is 5.89. The van der Waals surface area contributed by atoms with Crippen molar-refractivity contribution in [1.29, 1.82) is 0 Å². The molecule has 37 heavy (non-hydrogen) atoms. The van der Waals surface area contributed by atoms with Gasteiger partial charge >= 0.3 is 6.03 Å². The molecule has 3 aromatic carbocycles. The molecular weight excluding hydrogens is 543 g/mol. The summed E-state index contributed by atoms with van der Waals surface area (Å²) in [6, 6.07) is 13.8. The van der Waals surface area contributed by atoms with E-state index in [1.807, 2.05) is 26.8 Å². The number of rotatable bonds is 7. The molecule has 0 spiro atoms. The lowest BCUT2D eigenvalue weighted by Gasteiger charge is -2.27. The van der Waals surface area contributed by atoms with Crippen molar-refractivity contribution in [3.63, 3.8) is 0 Å². The second kappa shape index (κ2) is 11.0. The number of carbonyl (C=O) groups is 3. The minimum atomic E-state index is -0.808. The van der Waals surface area contributed by atoms with Crippen molar-refractivity contribution in [2.75, 3.05) is 11.5 Å². The Balaban J connectivity index is 1.67. The van der Waals surface area contributed by atoms with Crippen molar-refractivity contribution in [1.82, 2.24) is 5.32 Å². The molecule has 0 atom stereocenters. The number of hydrogen-bond donors (Lipinski definition) is 1. The minimum Gasteiger partial charge on any atom is -0.490 e. The van der Waals surface area contributed by atoms with E-state index in [4.69, 9.17) is 9.47 Å². The van der Waals surface area contributed by atoms with Crippen LogP contribution >= 0.6 is 15.9 Å². The summed E-state index contributed by atoms with van der Waals surface area (Å²) in [5, 5.41) is 2.24. The molecule has 3 aromatic rings. The van der Waals surface area contributed by atoms with Gasteiger partial charge in [0.1, 0.15) is 18.0 Å². The number of aryl methyl sites for hydroxylation is 2. The van der Waals surface area contributed by atoms with Crippen LogP contribution < -0.4 is 19.7 Å². The van der Waals surface area contributed by atoms with Gasteiger partial charge in [-0.25, -0.2) is 14.1 Å². The highest BCUT2D eigenvalue weighted by molar-refractivity contribution is 9.10. The predicted octanol–water partition coefficient (Wildman–Crippen LogP) is 5.85. The fourth-order valence-electron chi connectivity index (χ4n) is 3.95. The number of barbiturate groups is 1. The van der Waals surface area contributed by atoms with E-state index in [0.29, 0.717) is 33.8 Å². The van der Waals surface area contributed by atoms with E-state index in [9.17, 15) is 18.8 Å². The fourth-order valence-corrected chi connectivity index (χ4v) is 4.52. The topological polar surface area (TPSA) is 84.9 Å². The lowest BCUT2D eigenvalue weighted by atomic mass is 10.0. The van der Waals surface area contributed by atoms with Crippen molar-refractivity contribution in [2.45, 2.75) is 27.4 Å². The Hall–Kier alpha value is -3.98. The molecule has 190 valence electrons. The maximum atomic E-state index is 13.3. The number of benzene rings is 3. The predicted molar refractivity (Wildman–Crippen MR) is 141 cm³/mol. The number of urea groups is 1. The van der Waals surface area contributed by atoms with Crippen molar-refractivity contribution in [2.24, 2.45) is 0 Å². The molecule has 4 amide bonds. The van der Waals surface area contributed by atoms with Crippen molar-refractivity contribution >= 4 is 45.5 Å². The molecule has 0 bridgehead atoms. The summed E-state index contributed by atoms with van der Waals surface area (Å²) in [4.78, 5) is 39.4. The molecule has 1 N–H and O–H groups in total. The number of hydrogen-bond acceptors (Lipinski definition) is 5. The first-order valence-electron chi connectivity index (χ1n) is 11.5. The summed E-state index contributed by atoms with van der Waals surface area (Å²) in [6.07, 6.45) is 1.40. The van der Waals surface area contributed by atoms with Gasteiger partial charge in [-0.15, -0.1) is 0 Å². The average molecular weight is 567 g/mol. The minimum absolute atomic E-state index is 0.174. The SMILES string of the molecule is CCOc1cc(/C=C2\C(=O)NC(=O)N(c3cc(C)cc(C)c3)C2=O)cc(Br)c1OCc1ccc(F)cc1. The van der Waals surface area contributed by atoms with Gasteiger partial charge in [-0.2, -0.15) is 0 Å². The van der Waals surface area contributed by atoms with Crippen LogP contribution in [0.5, 0.6) is 11.5 Å². The lowest BCUT2D eigenvalue weighted by molar-refractivity contribution is -0.122. The Kier molecular flexibility index (Phi) is 7.73. The van der Waals surface area contributed by atoms with Crippen LogP contribution in [0.3, 0.4) is 0 Å². The van der Waals surface area contributed by atoms with E-state index in [1.54, 1.807) is 36.4 Å². The molecular formula is C28H24BrFN2O5. The molecule has 9 heteroatoms. The maximum Gasteiger partial charge on any atom is 0.335 e. The normalized spacial score (nSPS) is 14.7. The number of imide groups is 2. The molecule has 1 saturated heterocycles. The fraction of sp³-hybridized carbons (Fsp3) is 0.179.